The maximum Gasteiger partial charge on any atom is 0.126 e. The van der Waals surface area contributed by atoms with E-state index in [0.29, 0.717) is 4.83 Å². The van der Waals surface area contributed by atoms with Crippen molar-refractivity contribution in [3.05, 3.63) is 27.2 Å². The van der Waals surface area contributed by atoms with Gasteiger partial charge in [-0.25, -0.2) is 0 Å². The number of rotatable bonds is 9. The van der Waals surface area contributed by atoms with Gasteiger partial charge in [0.05, 0.1) is 7.11 Å². The fraction of sp³-hybridized carbons (Fsp3) is 0.667. The summed E-state index contributed by atoms with van der Waals surface area (Å²) in [5.41, 5.74) is 3.78. The van der Waals surface area contributed by atoms with E-state index in [4.69, 9.17) is 4.74 Å². The molecule has 0 heterocycles. The Kier molecular flexibility index (Phi) is 8.96. The molecule has 0 fully saturated rings. The van der Waals surface area contributed by atoms with Gasteiger partial charge in [-0.15, -0.1) is 0 Å². The summed E-state index contributed by atoms with van der Waals surface area (Å²) >= 11 is 7.54. The van der Waals surface area contributed by atoms with Gasteiger partial charge >= 0.3 is 0 Å². The van der Waals surface area contributed by atoms with Gasteiger partial charge in [-0.2, -0.15) is 0 Å². The van der Waals surface area contributed by atoms with Gasteiger partial charge in [0.25, 0.3) is 0 Å². The topological polar surface area (TPSA) is 9.23 Å². The zero-order chi connectivity index (χ0) is 15.8. The van der Waals surface area contributed by atoms with E-state index >= 15 is 0 Å². The molecule has 0 aromatic heterocycles. The van der Waals surface area contributed by atoms with E-state index in [1.54, 1.807) is 7.11 Å². The van der Waals surface area contributed by atoms with Gasteiger partial charge in [-0.1, -0.05) is 77.3 Å². The molecule has 0 bridgehead atoms. The van der Waals surface area contributed by atoms with E-state index in [1.165, 1.54) is 66.1 Å². The molecule has 0 spiro atoms. The third-order valence-corrected chi connectivity index (χ3v) is 5.78. The molecule has 0 radical (unpaired) electrons. The maximum atomic E-state index is 5.64. The molecule has 0 amide bonds. The highest BCUT2D eigenvalue weighted by atomic mass is 79.9. The van der Waals surface area contributed by atoms with Crippen molar-refractivity contribution in [1.82, 2.24) is 0 Å². The van der Waals surface area contributed by atoms with Gasteiger partial charge in [-0.05, 0) is 37.5 Å². The van der Waals surface area contributed by atoms with E-state index in [-0.39, 0.29) is 0 Å². The van der Waals surface area contributed by atoms with Gasteiger partial charge in [-0.3, -0.25) is 0 Å². The minimum Gasteiger partial charge on any atom is -0.496 e. The molecule has 120 valence electrons. The second-order valence-electron chi connectivity index (χ2n) is 5.77. The number of aryl methyl sites for hydroxylation is 1. The summed E-state index contributed by atoms with van der Waals surface area (Å²) in [5.74, 6) is 1.03. The largest absolute Gasteiger partial charge is 0.496 e. The lowest BCUT2D eigenvalue weighted by Gasteiger charge is -2.20. The summed E-state index contributed by atoms with van der Waals surface area (Å²) in [7, 11) is 1.77. The lowest BCUT2D eigenvalue weighted by molar-refractivity contribution is 0.404. The minimum atomic E-state index is 0.370. The molecule has 1 aromatic rings. The number of hydrogen-bond acceptors (Lipinski definition) is 1. The second kappa shape index (κ2) is 9.89. The molecule has 0 aliphatic carbocycles. The summed E-state index contributed by atoms with van der Waals surface area (Å²) in [6.45, 7) is 6.53. The molecule has 0 saturated carbocycles. The molecule has 1 nitrogen and oxygen atoms in total. The lowest BCUT2D eigenvalue weighted by atomic mass is 9.97. The van der Waals surface area contributed by atoms with Crippen LogP contribution in [0.1, 0.15) is 73.4 Å². The van der Waals surface area contributed by atoms with Gasteiger partial charge in [0, 0.05) is 14.9 Å². The van der Waals surface area contributed by atoms with Crippen LogP contribution < -0.4 is 4.74 Å². The quantitative estimate of drug-likeness (QED) is 0.302. The SMILES string of the molecule is CCCCCCCCC(Br)c1c(C)c(Br)cc(C)c1OC. The zero-order valence-electron chi connectivity index (χ0n) is 13.8. The Balaban J connectivity index is 2.67. The van der Waals surface area contributed by atoms with Crippen LogP contribution in [0.25, 0.3) is 0 Å². The number of halogens is 2. The summed E-state index contributed by atoms with van der Waals surface area (Å²) in [6.07, 6.45) is 9.19. The molecule has 1 aromatic carbocycles. The van der Waals surface area contributed by atoms with Crippen LogP contribution in [0.5, 0.6) is 5.75 Å². The van der Waals surface area contributed by atoms with Crippen molar-refractivity contribution in [3.8, 4) is 5.75 Å². The molecule has 1 rings (SSSR count). The molecule has 3 heteroatoms. The second-order valence-corrected chi connectivity index (χ2v) is 7.73. The van der Waals surface area contributed by atoms with Crippen molar-refractivity contribution in [2.75, 3.05) is 7.11 Å². The predicted octanol–water partition coefficient (Wildman–Crippen LogP) is 7.26. The highest BCUT2D eigenvalue weighted by Gasteiger charge is 2.19. The molecular formula is C18H28Br2O. The van der Waals surface area contributed by atoms with Gasteiger partial charge in [0.1, 0.15) is 5.75 Å². The molecule has 0 aliphatic heterocycles. The first-order valence-electron chi connectivity index (χ1n) is 8.00. The van der Waals surface area contributed by atoms with Crippen LogP contribution >= 0.6 is 31.9 Å². The number of benzene rings is 1. The Morgan fingerprint density at radius 3 is 2.33 bits per heavy atom. The molecule has 21 heavy (non-hydrogen) atoms. The van der Waals surface area contributed by atoms with Crippen LogP contribution in [-0.4, -0.2) is 7.11 Å². The Labute approximate surface area is 147 Å². The lowest BCUT2D eigenvalue weighted by Crippen LogP contribution is -2.02. The van der Waals surface area contributed by atoms with E-state index in [0.717, 1.165) is 5.75 Å². The maximum absolute atomic E-state index is 5.64. The Bertz CT molecular complexity index is 443. The fourth-order valence-electron chi connectivity index (χ4n) is 2.77. The Morgan fingerprint density at radius 1 is 1.10 bits per heavy atom. The number of hydrogen-bond donors (Lipinski definition) is 0. The third-order valence-electron chi connectivity index (χ3n) is 4.04. The highest BCUT2D eigenvalue weighted by molar-refractivity contribution is 9.10. The Hall–Kier alpha value is -0.0200. The predicted molar refractivity (Wildman–Crippen MR) is 99.8 cm³/mol. The van der Waals surface area contributed by atoms with Crippen molar-refractivity contribution >= 4 is 31.9 Å². The minimum absolute atomic E-state index is 0.370. The number of methoxy groups -OCH3 is 1. The monoisotopic (exact) mass is 418 g/mol. The number of alkyl halides is 1. The molecule has 0 aliphatic rings. The van der Waals surface area contributed by atoms with Crippen LogP contribution in [-0.2, 0) is 0 Å². The van der Waals surface area contributed by atoms with Crippen molar-refractivity contribution in [2.45, 2.75) is 70.5 Å². The molecule has 0 saturated heterocycles. The van der Waals surface area contributed by atoms with Crippen LogP contribution in [0.4, 0.5) is 0 Å². The summed E-state index contributed by atoms with van der Waals surface area (Å²) in [5, 5.41) is 0. The van der Waals surface area contributed by atoms with E-state index in [9.17, 15) is 0 Å². The first kappa shape index (κ1) is 19.0. The van der Waals surface area contributed by atoms with Crippen molar-refractivity contribution in [2.24, 2.45) is 0 Å². The number of ether oxygens (including phenoxy) is 1. The average molecular weight is 420 g/mol. The zero-order valence-corrected chi connectivity index (χ0v) is 16.9. The van der Waals surface area contributed by atoms with E-state index in [1.807, 2.05) is 0 Å². The van der Waals surface area contributed by atoms with Crippen LogP contribution in [0, 0.1) is 13.8 Å². The number of unbranched alkanes of at least 4 members (excludes halogenated alkanes) is 5. The van der Waals surface area contributed by atoms with Gasteiger partial charge in [0.15, 0.2) is 0 Å². The van der Waals surface area contributed by atoms with Gasteiger partial charge in [0.2, 0.25) is 0 Å². The average Bonchev–Trinajstić information content (AvgIpc) is 2.45. The van der Waals surface area contributed by atoms with Gasteiger partial charge < -0.3 is 4.74 Å². The molecule has 1 atom stereocenters. The molecule has 0 N–H and O–H groups in total. The molecule has 1 unspecified atom stereocenters. The smallest absolute Gasteiger partial charge is 0.126 e. The van der Waals surface area contributed by atoms with Crippen LogP contribution in [0.15, 0.2) is 10.5 Å². The first-order chi connectivity index (χ1) is 10.0. The van der Waals surface area contributed by atoms with Crippen LogP contribution in [0.3, 0.4) is 0 Å². The van der Waals surface area contributed by atoms with Crippen molar-refractivity contribution < 1.29 is 4.74 Å². The van der Waals surface area contributed by atoms with Crippen molar-refractivity contribution in [1.29, 1.82) is 0 Å². The summed E-state index contributed by atoms with van der Waals surface area (Å²) in [6, 6.07) is 2.14. The normalized spacial score (nSPS) is 12.5. The Morgan fingerprint density at radius 2 is 1.71 bits per heavy atom. The van der Waals surface area contributed by atoms with E-state index in [2.05, 4.69) is 58.7 Å². The van der Waals surface area contributed by atoms with E-state index < -0.39 is 0 Å². The highest BCUT2D eigenvalue weighted by Crippen LogP contribution is 2.42. The summed E-state index contributed by atoms with van der Waals surface area (Å²) in [4.78, 5) is 0.370. The molecular weight excluding hydrogens is 392 g/mol. The van der Waals surface area contributed by atoms with Crippen molar-refractivity contribution in [3.63, 3.8) is 0 Å². The third kappa shape index (κ3) is 5.59. The fourth-order valence-corrected chi connectivity index (χ4v) is 4.20. The first-order valence-corrected chi connectivity index (χ1v) is 9.71. The van der Waals surface area contributed by atoms with Crippen LogP contribution in [0.2, 0.25) is 0 Å². The summed E-state index contributed by atoms with van der Waals surface area (Å²) < 4.78 is 6.81. The standard InChI is InChI=1S/C18H28Br2O/c1-5-6-7-8-9-10-11-15(19)17-14(3)16(20)12-13(2)18(17)21-4/h12,15H,5-11H2,1-4H3.